The first-order valence-corrected chi connectivity index (χ1v) is 4.47. The normalized spacial score (nSPS) is 10.5. The maximum absolute atomic E-state index is 11.0. The molecular weight excluding hydrogens is 196 g/mol. The molecular formula is C9H11N4O2+. The Morgan fingerprint density at radius 1 is 1.40 bits per heavy atom. The van der Waals surface area contributed by atoms with Gasteiger partial charge in [-0.15, -0.1) is 0 Å². The van der Waals surface area contributed by atoms with Crippen molar-refractivity contribution in [2.45, 2.75) is 6.54 Å². The SMILES string of the molecule is C[n+]1ccn(Cc2cc(=O)[nH]c(=O)[nH]2)c1. The van der Waals surface area contributed by atoms with Crippen molar-refractivity contribution in [2.24, 2.45) is 7.05 Å². The highest BCUT2D eigenvalue weighted by molar-refractivity contribution is 4.99. The molecule has 6 nitrogen and oxygen atoms in total. The van der Waals surface area contributed by atoms with Crippen LogP contribution in [0.25, 0.3) is 0 Å². The lowest BCUT2D eigenvalue weighted by atomic mass is 10.4. The van der Waals surface area contributed by atoms with E-state index in [0.717, 1.165) is 0 Å². The molecule has 0 atom stereocenters. The summed E-state index contributed by atoms with van der Waals surface area (Å²) < 4.78 is 3.75. The Morgan fingerprint density at radius 2 is 2.20 bits per heavy atom. The molecule has 0 unspecified atom stereocenters. The lowest BCUT2D eigenvalue weighted by Gasteiger charge is -1.95. The average Bonchev–Trinajstić information content (AvgIpc) is 2.49. The van der Waals surface area contributed by atoms with E-state index in [1.54, 1.807) is 0 Å². The third-order valence-corrected chi connectivity index (χ3v) is 1.99. The van der Waals surface area contributed by atoms with E-state index in [0.29, 0.717) is 12.2 Å². The fourth-order valence-electron chi connectivity index (χ4n) is 1.40. The monoisotopic (exact) mass is 207 g/mol. The molecule has 2 aromatic rings. The van der Waals surface area contributed by atoms with Crippen molar-refractivity contribution in [1.82, 2.24) is 14.5 Å². The maximum atomic E-state index is 11.0. The van der Waals surface area contributed by atoms with E-state index in [-0.39, 0.29) is 5.56 Å². The predicted molar refractivity (Wildman–Crippen MR) is 52.4 cm³/mol. The Morgan fingerprint density at radius 3 is 2.80 bits per heavy atom. The predicted octanol–water partition coefficient (Wildman–Crippen LogP) is -1.26. The molecule has 2 N–H and O–H groups in total. The Hall–Kier alpha value is -2.11. The molecule has 0 aliphatic rings. The summed E-state index contributed by atoms with van der Waals surface area (Å²) in [4.78, 5) is 26.7. The highest BCUT2D eigenvalue weighted by atomic mass is 16.2. The summed E-state index contributed by atoms with van der Waals surface area (Å²) in [5, 5.41) is 0. The van der Waals surface area contributed by atoms with Gasteiger partial charge in [0.2, 0.25) is 6.33 Å². The number of aromatic nitrogens is 4. The largest absolute Gasteiger partial charge is 0.326 e. The fraction of sp³-hybridized carbons (Fsp3) is 0.222. The summed E-state index contributed by atoms with van der Waals surface area (Å²) in [5.74, 6) is 0. The molecule has 2 aromatic heterocycles. The van der Waals surface area contributed by atoms with E-state index in [4.69, 9.17) is 0 Å². The molecule has 0 aliphatic carbocycles. The zero-order chi connectivity index (χ0) is 10.8. The zero-order valence-electron chi connectivity index (χ0n) is 8.23. The topological polar surface area (TPSA) is 74.5 Å². The van der Waals surface area contributed by atoms with Crippen molar-refractivity contribution in [3.05, 3.63) is 51.3 Å². The second kappa shape index (κ2) is 3.56. The average molecular weight is 207 g/mol. The van der Waals surface area contributed by atoms with Gasteiger partial charge in [0.25, 0.3) is 5.56 Å². The van der Waals surface area contributed by atoms with E-state index in [9.17, 15) is 9.59 Å². The number of nitrogens with one attached hydrogen (secondary N) is 2. The number of hydrogen-bond donors (Lipinski definition) is 2. The van der Waals surface area contributed by atoms with Gasteiger partial charge in [-0.1, -0.05) is 0 Å². The second-order valence-electron chi connectivity index (χ2n) is 3.36. The summed E-state index contributed by atoms with van der Waals surface area (Å²) in [6, 6.07) is 1.38. The number of imidazole rings is 1. The van der Waals surface area contributed by atoms with Crippen LogP contribution in [-0.2, 0) is 13.6 Å². The minimum atomic E-state index is -0.478. The van der Waals surface area contributed by atoms with Gasteiger partial charge in [0, 0.05) is 6.07 Å². The number of rotatable bonds is 2. The molecule has 0 fully saturated rings. The lowest BCUT2D eigenvalue weighted by molar-refractivity contribution is -0.671. The fourth-order valence-corrected chi connectivity index (χ4v) is 1.40. The number of nitrogens with zero attached hydrogens (tertiary/aromatic N) is 2. The van der Waals surface area contributed by atoms with Crippen LogP contribution in [0.5, 0.6) is 0 Å². The van der Waals surface area contributed by atoms with Crippen LogP contribution < -0.4 is 15.8 Å². The van der Waals surface area contributed by atoms with E-state index >= 15 is 0 Å². The Balaban J connectivity index is 2.32. The van der Waals surface area contributed by atoms with Crippen LogP contribution in [0.3, 0.4) is 0 Å². The molecule has 0 radical (unpaired) electrons. The van der Waals surface area contributed by atoms with Crippen molar-refractivity contribution >= 4 is 0 Å². The van der Waals surface area contributed by atoms with Crippen LogP contribution in [0, 0.1) is 0 Å². The number of H-pyrrole nitrogens is 2. The Kier molecular flexibility index (Phi) is 2.24. The first kappa shape index (κ1) is 9.45. The van der Waals surface area contributed by atoms with Crippen LogP contribution in [-0.4, -0.2) is 14.5 Å². The molecule has 0 aliphatic heterocycles. The third kappa shape index (κ3) is 2.22. The highest BCUT2D eigenvalue weighted by Crippen LogP contribution is 1.91. The highest BCUT2D eigenvalue weighted by Gasteiger charge is 2.03. The van der Waals surface area contributed by atoms with Gasteiger partial charge in [0.15, 0.2) is 0 Å². The molecule has 2 heterocycles. The van der Waals surface area contributed by atoms with E-state index in [2.05, 4.69) is 9.97 Å². The first-order valence-electron chi connectivity index (χ1n) is 4.47. The van der Waals surface area contributed by atoms with Gasteiger partial charge in [-0.05, 0) is 0 Å². The number of aromatic amines is 2. The second-order valence-corrected chi connectivity index (χ2v) is 3.36. The smallest absolute Gasteiger partial charge is 0.307 e. The number of aryl methyl sites for hydroxylation is 1. The molecule has 0 amide bonds. The minimum Gasteiger partial charge on any atom is -0.307 e. The molecule has 0 bridgehead atoms. The van der Waals surface area contributed by atoms with Crippen LogP contribution >= 0.6 is 0 Å². The minimum absolute atomic E-state index is 0.384. The number of hydrogen-bond acceptors (Lipinski definition) is 2. The molecule has 2 rings (SSSR count). The van der Waals surface area contributed by atoms with Gasteiger partial charge >= 0.3 is 5.69 Å². The first-order chi connectivity index (χ1) is 7.13. The lowest BCUT2D eigenvalue weighted by Crippen LogP contribution is -2.25. The van der Waals surface area contributed by atoms with E-state index in [1.165, 1.54) is 6.07 Å². The Bertz CT molecular complexity index is 550. The maximum Gasteiger partial charge on any atom is 0.326 e. The van der Waals surface area contributed by atoms with Gasteiger partial charge < -0.3 is 4.98 Å². The molecule has 6 heteroatoms. The summed E-state index contributed by atoms with van der Waals surface area (Å²) >= 11 is 0. The van der Waals surface area contributed by atoms with Crippen molar-refractivity contribution in [3.63, 3.8) is 0 Å². The summed E-state index contributed by atoms with van der Waals surface area (Å²) in [6.07, 6.45) is 5.60. The molecule has 78 valence electrons. The van der Waals surface area contributed by atoms with E-state index < -0.39 is 5.69 Å². The zero-order valence-corrected chi connectivity index (χ0v) is 8.23. The van der Waals surface area contributed by atoms with Gasteiger partial charge in [0.05, 0.1) is 12.7 Å². The molecule has 0 saturated heterocycles. The molecule has 0 aromatic carbocycles. The molecule has 0 spiro atoms. The van der Waals surface area contributed by atoms with Crippen LogP contribution in [0.15, 0.2) is 34.4 Å². The van der Waals surface area contributed by atoms with Gasteiger partial charge in [-0.25, -0.2) is 13.9 Å². The van der Waals surface area contributed by atoms with Crippen molar-refractivity contribution in [3.8, 4) is 0 Å². The van der Waals surface area contributed by atoms with Gasteiger partial charge in [0.1, 0.15) is 18.9 Å². The Labute approximate surface area is 84.8 Å². The third-order valence-electron chi connectivity index (χ3n) is 1.99. The van der Waals surface area contributed by atoms with Crippen molar-refractivity contribution < 1.29 is 4.57 Å². The van der Waals surface area contributed by atoms with E-state index in [1.807, 2.05) is 34.9 Å². The molecule has 0 saturated carbocycles. The standard InChI is InChI=1S/C9H10N4O2/c1-12-2-3-13(6-12)5-7-4-8(14)11-9(15)10-7/h2-4,6H,5H2,1H3,(H-,10,11,14,15)/p+1. The summed E-state index contributed by atoms with van der Waals surface area (Å²) in [5.41, 5.74) is -0.278. The van der Waals surface area contributed by atoms with Crippen molar-refractivity contribution in [2.75, 3.05) is 0 Å². The van der Waals surface area contributed by atoms with Gasteiger partial charge in [-0.2, -0.15) is 0 Å². The van der Waals surface area contributed by atoms with Crippen LogP contribution in [0.1, 0.15) is 5.69 Å². The van der Waals surface area contributed by atoms with Crippen molar-refractivity contribution in [1.29, 1.82) is 0 Å². The van der Waals surface area contributed by atoms with Crippen LogP contribution in [0.4, 0.5) is 0 Å². The summed E-state index contributed by atoms with van der Waals surface area (Å²) in [6.45, 7) is 0.472. The summed E-state index contributed by atoms with van der Waals surface area (Å²) in [7, 11) is 1.90. The quantitative estimate of drug-likeness (QED) is 0.603. The van der Waals surface area contributed by atoms with Gasteiger partial charge in [-0.3, -0.25) is 9.78 Å². The van der Waals surface area contributed by atoms with Crippen LogP contribution in [0.2, 0.25) is 0 Å². The molecule has 15 heavy (non-hydrogen) atoms.